The Bertz CT molecular complexity index is 474. The third-order valence-electron chi connectivity index (χ3n) is 2.00. The van der Waals surface area contributed by atoms with Gasteiger partial charge >= 0.3 is 0 Å². The Morgan fingerprint density at radius 1 is 1.14 bits per heavy atom. The molecule has 0 N–H and O–H groups in total. The van der Waals surface area contributed by atoms with Gasteiger partial charge in [0.05, 0.1) is 11.6 Å². The van der Waals surface area contributed by atoms with E-state index in [4.69, 9.17) is 5.26 Å². The molecule has 0 amide bonds. The van der Waals surface area contributed by atoms with Gasteiger partial charge in [-0.3, -0.25) is 4.99 Å². The van der Waals surface area contributed by atoms with Crippen LogP contribution in [0.3, 0.4) is 0 Å². The van der Waals surface area contributed by atoms with E-state index >= 15 is 0 Å². The molecule has 1 aromatic carbocycles. The molecular weight excluding hydrogens is 172 g/mol. The van der Waals surface area contributed by atoms with Crippen molar-refractivity contribution >= 4 is 18.4 Å². The Kier molecular flexibility index (Phi) is 2.24. The molecule has 2 heteroatoms. The van der Waals surface area contributed by atoms with Crippen molar-refractivity contribution in [2.45, 2.75) is 0 Å². The van der Waals surface area contributed by atoms with Crippen molar-refractivity contribution in [2.24, 2.45) is 4.99 Å². The summed E-state index contributed by atoms with van der Waals surface area (Å²) < 4.78 is 0. The largest absolute Gasteiger partial charge is 0.265 e. The molecule has 0 bridgehead atoms. The first kappa shape index (κ1) is 8.46. The molecular formula is C12H8N2. The molecule has 0 fully saturated rings. The number of benzene rings is 1. The highest BCUT2D eigenvalue weighted by Gasteiger charge is 1.98. The first-order valence-corrected chi connectivity index (χ1v) is 4.31. The summed E-state index contributed by atoms with van der Waals surface area (Å²) in [5, 5.41) is 8.74. The second-order valence-electron chi connectivity index (χ2n) is 2.93. The highest BCUT2D eigenvalue weighted by atomic mass is 14.7. The Hall–Kier alpha value is -2.14. The Morgan fingerprint density at radius 3 is 2.93 bits per heavy atom. The van der Waals surface area contributed by atoms with Crippen molar-refractivity contribution in [1.29, 1.82) is 5.26 Å². The molecule has 66 valence electrons. The topological polar surface area (TPSA) is 36.1 Å². The number of hydrogen-bond acceptors (Lipinski definition) is 2. The lowest BCUT2D eigenvalue weighted by atomic mass is 10.0. The maximum absolute atomic E-state index is 8.74. The number of hydrogen-bond donors (Lipinski definition) is 0. The first-order chi connectivity index (χ1) is 6.90. The molecule has 0 aromatic heterocycles. The van der Waals surface area contributed by atoms with Crippen molar-refractivity contribution in [3.8, 4) is 6.07 Å². The summed E-state index contributed by atoms with van der Waals surface area (Å²) in [5.41, 5.74) is 2.80. The lowest BCUT2D eigenvalue weighted by Gasteiger charge is -2.01. The smallest absolute Gasteiger partial charge is 0.0991 e. The second kappa shape index (κ2) is 3.71. The number of nitriles is 1. The fourth-order valence-corrected chi connectivity index (χ4v) is 1.31. The average Bonchev–Trinajstić information content (AvgIpc) is 2.18. The van der Waals surface area contributed by atoms with Gasteiger partial charge in [0.15, 0.2) is 0 Å². The van der Waals surface area contributed by atoms with Crippen LogP contribution in [0.1, 0.15) is 16.7 Å². The number of aliphatic imine (C=N–C) groups is 1. The van der Waals surface area contributed by atoms with Crippen molar-refractivity contribution < 1.29 is 0 Å². The molecule has 0 aliphatic carbocycles. The van der Waals surface area contributed by atoms with Crippen molar-refractivity contribution in [2.75, 3.05) is 0 Å². The van der Waals surface area contributed by atoms with Crippen LogP contribution in [0.2, 0.25) is 0 Å². The van der Waals surface area contributed by atoms with Crippen LogP contribution in [0.4, 0.5) is 0 Å². The van der Waals surface area contributed by atoms with Crippen molar-refractivity contribution in [1.82, 2.24) is 0 Å². The molecule has 0 unspecified atom stereocenters. The molecule has 1 heterocycles. The van der Waals surface area contributed by atoms with Crippen molar-refractivity contribution in [3.05, 3.63) is 47.2 Å². The Labute approximate surface area is 82.5 Å². The Morgan fingerprint density at radius 2 is 2.07 bits per heavy atom. The van der Waals surface area contributed by atoms with Crippen molar-refractivity contribution in [3.63, 3.8) is 0 Å². The summed E-state index contributed by atoms with van der Waals surface area (Å²) in [6.07, 6.45) is 9.22. The number of rotatable bonds is 0. The van der Waals surface area contributed by atoms with Gasteiger partial charge in [0, 0.05) is 12.4 Å². The highest BCUT2D eigenvalue weighted by molar-refractivity contribution is 5.82. The maximum Gasteiger partial charge on any atom is 0.0991 e. The van der Waals surface area contributed by atoms with Crippen LogP contribution >= 0.6 is 0 Å². The van der Waals surface area contributed by atoms with Gasteiger partial charge in [-0.2, -0.15) is 5.26 Å². The van der Waals surface area contributed by atoms with Gasteiger partial charge in [-0.05, 0) is 35.4 Å². The highest BCUT2D eigenvalue weighted by Crippen LogP contribution is 2.16. The third-order valence-corrected chi connectivity index (χ3v) is 2.00. The quantitative estimate of drug-likeness (QED) is 0.604. The normalized spacial score (nSPS) is 19.6. The predicted molar refractivity (Wildman–Crippen MR) is 57.7 cm³/mol. The summed E-state index contributed by atoms with van der Waals surface area (Å²) in [6, 6.07) is 7.73. The van der Waals surface area contributed by atoms with Gasteiger partial charge in [-0.1, -0.05) is 12.1 Å². The van der Waals surface area contributed by atoms with Gasteiger partial charge in [0.25, 0.3) is 0 Å². The Balaban J connectivity index is 2.56. The molecule has 2 nitrogen and oxygen atoms in total. The van der Waals surface area contributed by atoms with Gasteiger partial charge in [-0.15, -0.1) is 0 Å². The fraction of sp³-hybridized carbons (Fsp3) is 0. The van der Waals surface area contributed by atoms with E-state index in [0.29, 0.717) is 5.56 Å². The summed E-state index contributed by atoms with van der Waals surface area (Å²) in [7, 11) is 0. The van der Waals surface area contributed by atoms with Gasteiger partial charge < -0.3 is 0 Å². The summed E-state index contributed by atoms with van der Waals surface area (Å²) >= 11 is 0. The number of fused-ring (bicyclic) bond motifs is 1. The minimum atomic E-state index is 0.673. The van der Waals surface area contributed by atoms with Crippen LogP contribution in [-0.4, -0.2) is 6.21 Å². The van der Waals surface area contributed by atoms with Crippen LogP contribution in [0.5, 0.6) is 0 Å². The molecule has 1 aromatic rings. The van der Waals surface area contributed by atoms with Crippen LogP contribution in [0.25, 0.3) is 12.2 Å². The molecule has 0 saturated heterocycles. The van der Waals surface area contributed by atoms with E-state index in [1.165, 1.54) is 0 Å². The molecule has 14 heavy (non-hydrogen) atoms. The zero-order chi connectivity index (χ0) is 9.80. The molecule has 0 radical (unpaired) electrons. The minimum Gasteiger partial charge on any atom is -0.265 e. The van der Waals surface area contributed by atoms with E-state index < -0.39 is 0 Å². The van der Waals surface area contributed by atoms with E-state index in [9.17, 15) is 0 Å². The van der Waals surface area contributed by atoms with Crippen LogP contribution in [0.15, 0.2) is 35.5 Å². The van der Waals surface area contributed by atoms with Crippen LogP contribution < -0.4 is 0 Å². The van der Waals surface area contributed by atoms with E-state index in [2.05, 4.69) is 11.1 Å². The fourth-order valence-electron chi connectivity index (χ4n) is 1.31. The standard InChI is InChI=1S/C12H8N2/c13-9-10-3-4-11-2-1-6-14-7-5-12(11)8-10/h1-8H/b2-1-,6-1?,7-5-,11-2?,12-5?,14-6-,14-7?. The average molecular weight is 180 g/mol. The lowest BCUT2D eigenvalue weighted by molar-refractivity contribution is 1.47. The maximum atomic E-state index is 8.74. The number of nitrogens with zero attached hydrogens (tertiary/aromatic N) is 2. The molecule has 1 aliphatic rings. The summed E-state index contributed by atoms with van der Waals surface area (Å²) in [5.74, 6) is 0. The van der Waals surface area contributed by atoms with E-state index in [0.717, 1.165) is 11.1 Å². The molecule has 2 rings (SSSR count). The van der Waals surface area contributed by atoms with E-state index in [1.807, 2.05) is 36.4 Å². The minimum absolute atomic E-state index is 0.673. The monoisotopic (exact) mass is 180 g/mol. The summed E-state index contributed by atoms with van der Waals surface area (Å²) in [4.78, 5) is 4.01. The third kappa shape index (κ3) is 1.62. The molecule has 0 saturated carbocycles. The predicted octanol–water partition coefficient (Wildman–Crippen LogP) is 2.63. The van der Waals surface area contributed by atoms with Crippen LogP contribution in [-0.2, 0) is 0 Å². The molecule has 0 spiro atoms. The molecule has 0 atom stereocenters. The van der Waals surface area contributed by atoms with Gasteiger partial charge in [0.2, 0.25) is 0 Å². The number of allylic oxidation sites excluding steroid dienone is 1. The van der Waals surface area contributed by atoms with E-state index in [1.54, 1.807) is 12.4 Å². The zero-order valence-electron chi connectivity index (χ0n) is 7.51. The summed E-state index contributed by atoms with van der Waals surface area (Å²) in [6.45, 7) is 0. The molecule has 1 aliphatic heterocycles. The van der Waals surface area contributed by atoms with Crippen LogP contribution in [0, 0.1) is 11.3 Å². The van der Waals surface area contributed by atoms with Gasteiger partial charge in [0.1, 0.15) is 0 Å². The SMILES string of the molecule is N#Cc1ccc2c(c1)\C=C/N=C\C=C/2. The second-order valence-corrected chi connectivity index (χ2v) is 2.93. The first-order valence-electron chi connectivity index (χ1n) is 4.31. The van der Waals surface area contributed by atoms with Gasteiger partial charge in [-0.25, -0.2) is 0 Å². The van der Waals surface area contributed by atoms with E-state index in [-0.39, 0.29) is 0 Å². The zero-order valence-corrected chi connectivity index (χ0v) is 7.51. The lowest BCUT2D eigenvalue weighted by Crippen LogP contribution is -1.84.